The van der Waals surface area contributed by atoms with Gasteiger partial charge in [0.15, 0.2) is 0 Å². The molecular weight excluding hydrogens is 863 g/mol. The van der Waals surface area contributed by atoms with Crippen molar-refractivity contribution in [2.24, 2.45) is 0 Å². The van der Waals surface area contributed by atoms with E-state index in [1.165, 1.54) is 17.7 Å². The van der Waals surface area contributed by atoms with Gasteiger partial charge in [-0.1, -0.05) is 102 Å². The third kappa shape index (κ3) is 10.1. The number of aromatic nitrogens is 6. The summed E-state index contributed by atoms with van der Waals surface area (Å²) in [4.78, 5) is 50.9. The predicted molar refractivity (Wildman–Crippen MR) is 246 cm³/mol. The van der Waals surface area contributed by atoms with E-state index in [9.17, 15) is 36.3 Å². The van der Waals surface area contributed by atoms with Gasteiger partial charge < -0.3 is 9.13 Å². The van der Waals surface area contributed by atoms with Gasteiger partial charge in [0.2, 0.25) is 0 Å². The molecule has 3 heterocycles. The van der Waals surface area contributed by atoms with Gasteiger partial charge in [0, 0.05) is 34.8 Å². The number of rotatable bonds is 7. The number of hydrogen-bond acceptors (Lipinski definition) is 6. The van der Waals surface area contributed by atoms with Gasteiger partial charge in [-0.25, -0.2) is 23.7 Å². The molecule has 9 rings (SSSR count). The van der Waals surface area contributed by atoms with E-state index in [4.69, 9.17) is 11.6 Å². The summed E-state index contributed by atoms with van der Waals surface area (Å²) in [6, 6.07) is 40.6. The van der Waals surface area contributed by atoms with Crippen LogP contribution in [0.25, 0.3) is 66.9 Å². The zero-order valence-electron chi connectivity index (χ0n) is 35.2. The molecule has 330 valence electrons. The third-order valence-electron chi connectivity index (χ3n) is 10.4. The lowest BCUT2D eigenvalue weighted by molar-refractivity contribution is -0.137. The van der Waals surface area contributed by atoms with Crippen LogP contribution in [0.2, 0.25) is 5.02 Å². The molecule has 0 aliphatic carbocycles. The lowest BCUT2D eigenvalue weighted by Crippen LogP contribution is -2.26. The average molecular weight is 903 g/mol. The van der Waals surface area contributed by atoms with Crippen LogP contribution < -0.4 is 16.7 Å². The van der Waals surface area contributed by atoms with Gasteiger partial charge in [0.1, 0.15) is 17.1 Å². The Morgan fingerprint density at radius 2 is 0.846 bits per heavy atom. The normalized spacial score (nSPS) is 11.4. The molecule has 9 nitrogen and oxygen atoms in total. The molecule has 65 heavy (non-hydrogen) atoms. The van der Waals surface area contributed by atoms with Crippen LogP contribution in [0.4, 0.5) is 22.0 Å². The average Bonchev–Trinajstić information content (AvgIpc) is 3.30. The van der Waals surface area contributed by atoms with Crippen LogP contribution in [0.15, 0.2) is 160 Å². The van der Waals surface area contributed by atoms with Crippen LogP contribution in [0.5, 0.6) is 0 Å². The second-order valence-corrected chi connectivity index (χ2v) is 15.1. The van der Waals surface area contributed by atoms with Crippen LogP contribution in [0, 0.1) is 6.92 Å². The Balaban J connectivity index is 0.000000146. The Labute approximate surface area is 373 Å². The first-order valence-electron chi connectivity index (χ1n) is 20.5. The number of halogens is 6. The predicted octanol–water partition coefficient (Wildman–Crippen LogP) is 11.5. The van der Waals surface area contributed by atoms with E-state index in [0.29, 0.717) is 57.0 Å². The smallest absolute Gasteiger partial charge is 0.305 e. The number of nitrogens with zero attached hydrogens (tertiary/aromatic N) is 6. The number of fused-ring (bicyclic) bond motifs is 3. The molecule has 0 saturated carbocycles. The Hall–Kier alpha value is -7.32. The molecule has 3 aromatic heterocycles. The number of benzene rings is 6. The Bertz CT molecular complexity index is 3320. The fourth-order valence-corrected chi connectivity index (χ4v) is 7.35. The highest BCUT2D eigenvalue weighted by Crippen LogP contribution is 2.30. The quantitative estimate of drug-likeness (QED) is 0.148. The van der Waals surface area contributed by atoms with E-state index in [0.717, 1.165) is 33.3 Å². The molecular formula is C50H40ClF5N6O3. The van der Waals surface area contributed by atoms with Gasteiger partial charge in [-0.2, -0.15) is 13.2 Å². The van der Waals surface area contributed by atoms with E-state index in [1.807, 2.05) is 75.4 Å². The Kier molecular flexibility index (Phi) is 13.8. The first-order chi connectivity index (χ1) is 31.2. The topological polar surface area (TPSA) is 105 Å². The van der Waals surface area contributed by atoms with Crippen LogP contribution in [-0.4, -0.2) is 35.1 Å². The summed E-state index contributed by atoms with van der Waals surface area (Å²) in [6.45, 7) is 6.28. The van der Waals surface area contributed by atoms with Crippen molar-refractivity contribution in [1.29, 1.82) is 0 Å². The molecule has 0 N–H and O–H groups in total. The van der Waals surface area contributed by atoms with E-state index in [-0.39, 0.29) is 22.5 Å². The summed E-state index contributed by atoms with van der Waals surface area (Å²) in [5.74, 6) is 0. The minimum atomic E-state index is -4.40. The second kappa shape index (κ2) is 19.6. The second-order valence-electron chi connectivity index (χ2n) is 14.7. The van der Waals surface area contributed by atoms with Crippen molar-refractivity contribution in [3.8, 4) is 33.8 Å². The van der Waals surface area contributed by atoms with Crippen LogP contribution in [0.3, 0.4) is 0 Å². The van der Waals surface area contributed by atoms with Crippen LogP contribution in [-0.2, 0) is 25.8 Å². The van der Waals surface area contributed by atoms with Crippen LogP contribution >= 0.6 is 11.6 Å². The summed E-state index contributed by atoms with van der Waals surface area (Å²) in [5.41, 5.74) is 6.08. The van der Waals surface area contributed by atoms with Crippen molar-refractivity contribution in [3.63, 3.8) is 0 Å². The Morgan fingerprint density at radius 1 is 0.508 bits per heavy atom. The first-order valence-corrected chi connectivity index (χ1v) is 20.8. The molecule has 15 heteroatoms. The molecule has 0 fully saturated rings. The van der Waals surface area contributed by atoms with Gasteiger partial charge in [0.05, 0.1) is 45.2 Å². The van der Waals surface area contributed by atoms with Gasteiger partial charge in [-0.3, -0.25) is 19.0 Å². The van der Waals surface area contributed by atoms with E-state index in [1.54, 1.807) is 75.9 Å². The summed E-state index contributed by atoms with van der Waals surface area (Å²) in [5, 5.41) is 0.525. The maximum absolute atomic E-state index is 12.8. The van der Waals surface area contributed by atoms with Gasteiger partial charge in [0.25, 0.3) is 23.1 Å². The monoisotopic (exact) mass is 902 g/mol. The molecule has 0 atom stereocenters. The van der Waals surface area contributed by atoms with Crippen LogP contribution in [0.1, 0.15) is 25.0 Å². The lowest BCUT2D eigenvalue weighted by atomic mass is 10.1. The summed E-state index contributed by atoms with van der Waals surface area (Å²) in [7, 11) is 0. The summed E-state index contributed by atoms with van der Waals surface area (Å²) >= 11 is 5.83. The maximum Gasteiger partial charge on any atom is 0.416 e. The molecule has 0 unspecified atom stereocenters. The largest absolute Gasteiger partial charge is 0.416 e. The molecule has 0 aliphatic heterocycles. The first kappa shape index (κ1) is 45.7. The number of aryl methyl sites for hydroxylation is 3. The van der Waals surface area contributed by atoms with Crippen molar-refractivity contribution >= 4 is 44.7 Å². The Morgan fingerprint density at radius 3 is 1.22 bits per heavy atom. The van der Waals surface area contributed by atoms with E-state index in [2.05, 4.69) is 15.0 Å². The zero-order chi connectivity index (χ0) is 46.4. The molecule has 0 amide bonds. The lowest BCUT2D eigenvalue weighted by Gasteiger charge is -2.12. The molecule has 0 spiro atoms. The molecule has 0 aliphatic rings. The third-order valence-corrected chi connectivity index (χ3v) is 10.7. The molecule has 0 saturated heterocycles. The maximum atomic E-state index is 12.8. The van der Waals surface area contributed by atoms with Crippen molar-refractivity contribution in [1.82, 2.24) is 28.7 Å². The summed E-state index contributed by atoms with van der Waals surface area (Å²) < 4.78 is 68.0. The highest BCUT2D eigenvalue weighted by atomic mass is 35.5. The van der Waals surface area contributed by atoms with Crippen molar-refractivity contribution < 1.29 is 22.0 Å². The highest BCUT2D eigenvalue weighted by Gasteiger charge is 2.30. The fourth-order valence-electron chi connectivity index (χ4n) is 7.22. The van der Waals surface area contributed by atoms with Gasteiger partial charge in [-0.15, -0.1) is 0 Å². The fraction of sp³-hybridized carbons (Fsp3) is 0.160. The van der Waals surface area contributed by atoms with Crippen molar-refractivity contribution in [2.75, 3.05) is 0 Å². The molecule has 0 bridgehead atoms. The van der Waals surface area contributed by atoms with E-state index < -0.39 is 30.3 Å². The molecule has 6 aromatic carbocycles. The number of hydrogen-bond donors (Lipinski definition) is 0. The minimum Gasteiger partial charge on any atom is -0.305 e. The van der Waals surface area contributed by atoms with Crippen molar-refractivity contribution in [2.45, 2.75) is 53.0 Å². The SMILES string of the molecule is CCn1c(=O)c(-c2ccc(C(F)(F)F)cc2)nc2ccccc21.CCn1c(=O)c(-c2ccc(C)cc2)nc2ccccc21.O=c1c(-c2ccc(Cl)cc2)nc2ccccc2n1CC(F)F. The number of para-hydroxylation sites is 6. The zero-order valence-corrected chi connectivity index (χ0v) is 36.0. The van der Waals surface area contributed by atoms with Gasteiger partial charge in [-0.05, 0) is 81.4 Å². The minimum absolute atomic E-state index is 0.0324. The molecule has 0 radical (unpaired) electrons. The van der Waals surface area contributed by atoms with E-state index >= 15 is 0 Å². The number of alkyl halides is 5. The van der Waals surface area contributed by atoms with Gasteiger partial charge >= 0.3 is 6.18 Å². The van der Waals surface area contributed by atoms with Crippen molar-refractivity contribution in [3.05, 3.63) is 193 Å². The molecule has 9 aromatic rings. The standard InChI is InChI=1S/C17H13F3N2O.C17H16N2O.C16H11ClF2N2O/c1-2-22-14-6-4-3-5-13(14)21-15(16(22)23)11-7-9-12(10-8-11)17(18,19)20;1-3-19-15-7-5-4-6-14(15)18-16(17(19)20)13-10-8-12(2)9-11-13;17-11-7-5-10(6-8-11)15-16(22)21(9-14(18)19)13-4-2-1-3-12(13)20-15/h3-10H,2H2,1H3;4-11H,3H2,1-2H3;1-8,14H,9H2. The summed E-state index contributed by atoms with van der Waals surface area (Å²) in [6.07, 6.45) is -7.03. The highest BCUT2D eigenvalue weighted by molar-refractivity contribution is 6.30.